The Morgan fingerprint density at radius 3 is 2.07 bits per heavy atom. The number of rotatable bonds is 12. The van der Waals surface area contributed by atoms with Gasteiger partial charge in [0.2, 0.25) is 21.8 Å². The van der Waals surface area contributed by atoms with E-state index < -0.39 is 28.5 Å². The predicted octanol–water partition coefficient (Wildman–Crippen LogP) is 6.62. The van der Waals surface area contributed by atoms with Crippen LogP contribution < -0.4 is 9.62 Å². The minimum atomic E-state index is -3.96. The Morgan fingerprint density at radius 2 is 1.51 bits per heavy atom. The first-order valence-corrected chi connectivity index (χ1v) is 16.2. The number of nitrogens with one attached hydrogen (secondary N) is 1. The Kier molecular flexibility index (Phi) is 11.8. The fourth-order valence-electron chi connectivity index (χ4n) is 4.10. The smallest absolute Gasteiger partial charge is 0.244 e. The molecule has 0 bridgehead atoms. The van der Waals surface area contributed by atoms with Crippen molar-refractivity contribution in [3.63, 3.8) is 0 Å². The van der Waals surface area contributed by atoms with Gasteiger partial charge < -0.3 is 10.2 Å². The number of hydrogen-bond donors (Lipinski definition) is 1. The van der Waals surface area contributed by atoms with Gasteiger partial charge in [-0.2, -0.15) is 0 Å². The molecule has 0 fully saturated rings. The average Bonchev–Trinajstić information content (AvgIpc) is 2.92. The van der Waals surface area contributed by atoms with E-state index in [-0.39, 0.29) is 40.6 Å². The summed E-state index contributed by atoms with van der Waals surface area (Å²) in [5.41, 5.74) is 1.39. The fraction of sp³-hybridized carbons (Fsp3) is 0.310. The van der Waals surface area contributed by atoms with E-state index >= 15 is 0 Å². The molecule has 0 aliphatic carbocycles. The number of carbonyl (C=O) groups is 2. The summed E-state index contributed by atoms with van der Waals surface area (Å²) >= 11 is 25.2. The number of amides is 2. The van der Waals surface area contributed by atoms with Crippen molar-refractivity contribution in [3.8, 4) is 0 Å². The van der Waals surface area contributed by atoms with Crippen LogP contribution in [0.1, 0.15) is 31.4 Å². The van der Waals surface area contributed by atoms with Crippen LogP contribution in [0, 0.1) is 0 Å². The fourth-order valence-corrected chi connectivity index (χ4v) is 5.75. The van der Waals surface area contributed by atoms with Crippen molar-refractivity contribution in [1.29, 1.82) is 0 Å². The second-order valence-corrected chi connectivity index (χ2v) is 13.1. The van der Waals surface area contributed by atoms with E-state index in [1.165, 1.54) is 23.1 Å². The molecule has 0 aromatic heterocycles. The number of nitrogens with zero attached hydrogens (tertiary/aromatic N) is 2. The van der Waals surface area contributed by atoms with Gasteiger partial charge in [0, 0.05) is 34.6 Å². The molecule has 0 aliphatic rings. The molecule has 1 N–H and O–H groups in total. The third kappa shape index (κ3) is 9.00. The van der Waals surface area contributed by atoms with Gasteiger partial charge in [0.25, 0.3) is 0 Å². The van der Waals surface area contributed by atoms with Crippen LogP contribution in [0.2, 0.25) is 20.1 Å². The zero-order chi connectivity index (χ0) is 30.3. The van der Waals surface area contributed by atoms with Crippen molar-refractivity contribution < 1.29 is 18.0 Å². The minimum absolute atomic E-state index is 0.125. The molecule has 3 rings (SSSR count). The second kappa shape index (κ2) is 14.6. The molecule has 0 aliphatic heterocycles. The van der Waals surface area contributed by atoms with Gasteiger partial charge in [-0.05, 0) is 49.2 Å². The molecule has 7 nitrogen and oxygen atoms in total. The first-order chi connectivity index (χ1) is 19.3. The highest BCUT2D eigenvalue weighted by Crippen LogP contribution is 2.30. The van der Waals surface area contributed by atoms with Gasteiger partial charge in [-0.15, -0.1) is 0 Å². The van der Waals surface area contributed by atoms with Gasteiger partial charge in [-0.25, -0.2) is 8.42 Å². The first kappa shape index (κ1) is 33.0. The maximum absolute atomic E-state index is 14.1. The molecule has 2 atom stereocenters. The van der Waals surface area contributed by atoms with Crippen LogP contribution in [0.4, 0.5) is 5.69 Å². The van der Waals surface area contributed by atoms with E-state index in [0.717, 1.165) is 16.1 Å². The van der Waals surface area contributed by atoms with E-state index in [1.807, 2.05) is 44.2 Å². The Bertz CT molecular complexity index is 1470. The SMILES string of the molecule is CC[C@@H](C)NC(=O)[C@H](Cc1ccccc1)N(Cc1c(Cl)cccc1Cl)C(=O)CN(c1ccc(Cl)c(Cl)c1)S(C)(=O)=O. The lowest BCUT2D eigenvalue weighted by Crippen LogP contribution is -2.54. The molecule has 3 aromatic rings. The maximum Gasteiger partial charge on any atom is 0.244 e. The van der Waals surface area contributed by atoms with Gasteiger partial charge in [-0.1, -0.05) is 89.7 Å². The summed E-state index contributed by atoms with van der Waals surface area (Å²) in [7, 11) is -3.96. The zero-order valence-corrected chi connectivity index (χ0v) is 26.6. The average molecular weight is 659 g/mol. The van der Waals surface area contributed by atoms with Crippen LogP contribution >= 0.6 is 46.4 Å². The van der Waals surface area contributed by atoms with E-state index in [4.69, 9.17) is 46.4 Å². The molecular weight excluding hydrogens is 628 g/mol. The zero-order valence-electron chi connectivity index (χ0n) is 22.8. The van der Waals surface area contributed by atoms with Crippen molar-refractivity contribution >= 4 is 73.9 Å². The molecule has 0 unspecified atom stereocenters. The van der Waals surface area contributed by atoms with Gasteiger partial charge >= 0.3 is 0 Å². The van der Waals surface area contributed by atoms with Crippen LogP contribution in [-0.4, -0.2) is 50.0 Å². The molecule has 0 saturated heterocycles. The van der Waals surface area contributed by atoms with Crippen LogP contribution in [0.3, 0.4) is 0 Å². The number of carbonyl (C=O) groups excluding carboxylic acids is 2. The Morgan fingerprint density at radius 1 is 0.878 bits per heavy atom. The largest absolute Gasteiger partial charge is 0.352 e. The summed E-state index contributed by atoms with van der Waals surface area (Å²) in [6, 6.07) is 17.3. The number of anilines is 1. The Labute approximate surface area is 261 Å². The van der Waals surface area contributed by atoms with Crippen LogP contribution in [0.25, 0.3) is 0 Å². The number of benzene rings is 3. The molecule has 0 radical (unpaired) electrons. The van der Waals surface area contributed by atoms with Gasteiger partial charge in [0.05, 0.1) is 22.0 Å². The highest BCUT2D eigenvalue weighted by atomic mass is 35.5. The summed E-state index contributed by atoms with van der Waals surface area (Å²) in [5.74, 6) is -1.03. The van der Waals surface area contributed by atoms with Gasteiger partial charge in [0.1, 0.15) is 12.6 Å². The normalized spacial score (nSPS) is 12.9. The number of sulfonamides is 1. The molecule has 0 heterocycles. The van der Waals surface area contributed by atoms with Crippen LogP contribution in [0.15, 0.2) is 66.7 Å². The Hall–Kier alpha value is -2.49. The first-order valence-electron chi connectivity index (χ1n) is 12.8. The van der Waals surface area contributed by atoms with Gasteiger partial charge in [-0.3, -0.25) is 13.9 Å². The molecule has 0 spiro atoms. The quantitative estimate of drug-likeness (QED) is 0.237. The third-order valence-electron chi connectivity index (χ3n) is 6.53. The van der Waals surface area contributed by atoms with Crippen molar-refractivity contribution in [3.05, 3.63) is 97.9 Å². The van der Waals surface area contributed by atoms with E-state index in [1.54, 1.807) is 18.2 Å². The molecule has 41 heavy (non-hydrogen) atoms. The standard InChI is InChI=1S/C29H31Cl4N3O4S/c1-4-19(2)34-29(38)27(15-20-9-6-5-7-10-20)35(17-22-23(30)11-8-12-24(22)31)28(37)18-36(41(3,39)40)21-13-14-25(32)26(33)16-21/h5-14,16,19,27H,4,15,17-18H2,1-3H3,(H,34,38)/t19-,27+/m1/s1. The second-order valence-electron chi connectivity index (χ2n) is 9.61. The van der Waals surface area contributed by atoms with Crippen molar-refractivity contribution in [2.75, 3.05) is 17.1 Å². The summed E-state index contributed by atoms with van der Waals surface area (Å²) in [5, 5.41) is 3.93. The van der Waals surface area contributed by atoms with Crippen LogP contribution in [-0.2, 0) is 32.6 Å². The lowest BCUT2D eigenvalue weighted by Gasteiger charge is -2.34. The number of halogens is 4. The third-order valence-corrected chi connectivity index (χ3v) is 9.12. The van der Waals surface area contributed by atoms with Crippen LogP contribution in [0.5, 0.6) is 0 Å². The monoisotopic (exact) mass is 657 g/mol. The lowest BCUT2D eigenvalue weighted by atomic mass is 10.0. The van der Waals surface area contributed by atoms with Crippen molar-refractivity contribution in [1.82, 2.24) is 10.2 Å². The summed E-state index contributed by atoms with van der Waals surface area (Å²) in [4.78, 5) is 29.2. The predicted molar refractivity (Wildman–Crippen MR) is 167 cm³/mol. The lowest BCUT2D eigenvalue weighted by molar-refractivity contribution is -0.140. The number of hydrogen-bond acceptors (Lipinski definition) is 4. The Balaban J connectivity index is 2.12. The highest BCUT2D eigenvalue weighted by molar-refractivity contribution is 7.92. The van der Waals surface area contributed by atoms with E-state index in [9.17, 15) is 18.0 Å². The summed E-state index contributed by atoms with van der Waals surface area (Å²) in [6.45, 7) is 3.05. The van der Waals surface area contributed by atoms with Crippen molar-refractivity contribution in [2.45, 2.75) is 45.3 Å². The molecule has 2 amide bonds. The van der Waals surface area contributed by atoms with E-state index in [0.29, 0.717) is 22.0 Å². The highest BCUT2D eigenvalue weighted by Gasteiger charge is 2.34. The van der Waals surface area contributed by atoms with Crippen molar-refractivity contribution in [2.24, 2.45) is 0 Å². The summed E-state index contributed by atoms with van der Waals surface area (Å²) < 4.78 is 26.7. The molecule has 3 aromatic carbocycles. The molecule has 0 saturated carbocycles. The van der Waals surface area contributed by atoms with E-state index in [2.05, 4.69) is 5.32 Å². The molecular formula is C29H31Cl4N3O4S. The minimum Gasteiger partial charge on any atom is -0.352 e. The molecule has 12 heteroatoms. The molecule has 220 valence electrons. The van der Waals surface area contributed by atoms with Gasteiger partial charge in [0.15, 0.2) is 0 Å². The topological polar surface area (TPSA) is 86.8 Å². The maximum atomic E-state index is 14.1. The summed E-state index contributed by atoms with van der Waals surface area (Å²) in [6.07, 6.45) is 1.82.